The zero-order valence-corrected chi connectivity index (χ0v) is 18.5. The molecular weight excluding hydrogens is 456 g/mol. The second-order valence-corrected chi connectivity index (χ2v) is 7.69. The molecule has 3 aromatic rings. The molecule has 0 aliphatic heterocycles. The van der Waals surface area contributed by atoms with Gasteiger partial charge in [0.2, 0.25) is 5.88 Å². The molecule has 0 saturated heterocycles. The topological polar surface area (TPSA) is 71.1 Å². The van der Waals surface area contributed by atoms with Crippen LogP contribution in [0.2, 0.25) is 5.02 Å². The zero-order chi connectivity index (χ0) is 20.8. The van der Waals surface area contributed by atoms with Crippen LogP contribution in [-0.4, -0.2) is 45.7 Å². The monoisotopic (exact) mass is 476 g/mol. The standard InChI is InChI=1S/C21H22BrClN4O2/c1-3-14-11-16(23)13-24-20(14)29-10-6-5-9-27(4-2)21(28)15-7-8-18-17(12-15)19(22)26-25-18/h3,7-8,11-13H,1,4-6,9-10H2,2H3,(H,25,26). The van der Waals surface area contributed by atoms with Gasteiger partial charge in [0.05, 0.1) is 17.1 Å². The maximum absolute atomic E-state index is 12.9. The number of aromatic amines is 1. The van der Waals surface area contributed by atoms with E-state index in [-0.39, 0.29) is 5.91 Å². The summed E-state index contributed by atoms with van der Waals surface area (Å²) >= 11 is 9.35. The molecule has 0 unspecified atom stereocenters. The summed E-state index contributed by atoms with van der Waals surface area (Å²) in [5, 5.41) is 8.48. The summed E-state index contributed by atoms with van der Waals surface area (Å²) in [6.07, 6.45) is 4.85. The van der Waals surface area contributed by atoms with Gasteiger partial charge in [-0.3, -0.25) is 9.89 Å². The van der Waals surface area contributed by atoms with Crippen LogP contribution in [0.5, 0.6) is 5.88 Å². The van der Waals surface area contributed by atoms with Crippen molar-refractivity contribution in [3.05, 3.63) is 57.8 Å². The van der Waals surface area contributed by atoms with E-state index in [1.165, 1.54) is 0 Å². The molecule has 3 rings (SSSR count). The van der Waals surface area contributed by atoms with Crippen molar-refractivity contribution in [3.63, 3.8) is 0 Å². The Morgan fingerprint density at radius 3 is 2.97 bits per heavy atom. The molecule has 0 saturated carbocycles. The highest BCUT2D eigenvalue weighted by molar-refractivity contribution is 9.10. The van der Waals surface area contributed by atoms with Crippen molar-refractivity contribution in [1.82, 2.24) is 20.1 Å². The number of pyridine rings is 1. The van der Waals surface area contributed by atoms with E-state index in [9.17, 15) is 4.79 Å². The van der Waals surface area contributed by atoms with Gasteiger partial charge < -0.3 is 9.64 Å². The number of aromatic nitrogens is 3. The fourth-order valence-corrected chi connectivity index (χ4v) is 3.55. The van der Waals surface area contributed by atoms with Crippen LogP contribution >= 0.6 is 27.5 Å². The number of amides is 1. The van der Waals surface area contributed by atoms with E-state index < -0.39 is 0 Å². The van der Waals surface area contributed by atoms with E-state index in [4.69, 9.17) is 16.3 Å². The Labute approximate surface area is 183 Å². The number of nitrogens with one attached hydrogen (secondary N) is 1. The highest BCUT2D eigenvalue weighted by Gasteiger charge is 2.15. The molecule has 1 N–H and O–H groups in total. The third-order valence-electron chi connectivity index (χ3n) is 4.55. The maximum atomic E-state index is 12.9. The van der Waals surface area contributed by atoms with Crippen molar-refractivity contribution in [3.8, 4) is 5.88 Å². The third kappa shape index (κ3) is 5.16. The van der Waals surface area contributed by atoms with Gasteiger partial charge in [0.15, 0.2) is 0 Å². The first-order chi connectivity index (χ1) is 14.0. The summed E-state index contributed by atoms with van der Waals surface area (Å²) in [7, 11) is 0. The van der Waals surface area contributed by atoms with E-state index in [2.05, 4.69) is 37.7 Å². The van der Waals surface area contributed by atoms with Gasteiger partial charge in [0, 0.05) is 35.8 Å². The summed E-state index contributed by atoms with van der Waals surface area (Å²) in [6, 6.07) is 7.29. The van der Waals surface area contributed by atoms with Crippen molar-refractivity contribution in [2.75, 3.05) is 19.7 Å². The molecule has 2 heterocycles. The molecule has 29 heavy (non-hydrogen) atoms. The summed E-state index contributed by atoms with van der Waals surface area (Å²) in [6.45, 7) is 7.54. The molecule has 152 valence electrons. The summed E-state index contributed by atoms with van der Waals surface area (Å²) in [5.41, 5.74) is 2.24. The fourth-order valence-electron chi connectivity index (χ4n) is 2.98. The van der Waals surface area contributed by atoms with Crippen LogP contribution in [0.25, 0.3) is 17.0 Å². The van der Waals surface area contributed by atoms with E-state index >= 15 is 0 Å². The number of unbranched alkanes of at least 4 members (excludes halogenated alkanes) is 1. The van der Waals surface area contributed by atoms with Gasteiger partial charge in [-0.15, -0.1) is 0 Å². The molecule has 0 aliphatic carbocycles. The second kappa shape index (κ2) is 9.89. The van der Waals surface area contributed by atoms with E-state index in [1.807, 2.05) is 30.0 Å². The van der Waals surface area contributed by atoms with Crippen LogP contribution < -0.4 is 4.74 Å². The Hall–Kier alpha value is -2.38. The average molecular weight is 478 g/mol. The zero-order valence-electron chi connectivity index (χ0n) is 16.1. The van der Waals surface area contributed by atoms with Gasteiger partial charge in [-0.25, -0.2) is 4.98 Å². The van der Waals surface area contributed by atoms with Crippen LogP contribution in [0, 0.1) is 0 Å². The Bertz CT molecular complexity index is 1020. The molecule has 0 radical (unpaired) electrons. The molecule has 8 heteroatoms. The van der Waals surface area contributed by atoms with Gasteiger partial charge in [0.25, 0.3) is 5.91 Å². The lowest BCUT2D eigenvalue weighted by Gasteiger charge is -2.21. The van der Waals surface area contributed by atoms with Crippen LogP contribution in [0.1, 0.15) is 35.7 Å². The normalized spacial score (nSPS) is 10.9. The quantitative estimate of drug-likeness (QED) is 0.422. The molecule has 0 atom stereocenters. The Kier molecular flexibility index (Phi) is 7.28. The molecular formula is C21H22BrClN4O2. The van der Waals surface area contributed by atoms with E-state index in [0.717, 1.165) is 33.9 Å². The minimum Gasteiger partial charge on any atom is -0.477 e. The predicted octanol–water partition coefficient (Wildman–Crippen LogP) is 5.34. The lowest BCUT2D eigenvalue weighted by Crippen LogP contribution is -2.32. The van der Waals surface area contributed by atoms with Gasteiger partial charge in [-0.2, -0.15) is 5.10 Å². The first kappa shape index (κ1) is 21.3. The van der Waals surface area contributed by atoms with E-state index in [0.29, 0.717) is 36.2 Å². The second-order valence-electron chi connectivity index (χ2n) is 6.46. The highest BCUT2D eigenvalue weighted by atomic mass is 79.9. The minimum atomic E-state index is 0.0109. The number of fused-ring (bicyclic) bond motifs is 1. The Morgan fingerprint density at radius 2 is 2.21 bits per heavy atom. The maximum Gasteiger partial charge on any atom is 0.253 e. The van der Waals surface area contributed by atoms with Crippen molar-refractivity contribution in [2.24, 2.45) is 0 Å². The molecule has 1 aromatic carbocycles. The number of halogens is 2. The van der Waals surface area contributed by atoms with Gasteiger partial charge in [0.1, 0.15) is 4.60 Å². The van der Waals surface area contributed by atoms with Crippen LogP contribution in [0.15, 0.2) is 41.6 Å². The molecule has 2 aromatic heterocycles. The number of rotatable bonds is 9. The minimum absolute atomic E-state index is 0.0109. The SMILES string of the molecule is C=Cc1cc(Cl)cnc1OCCCCN(CC)C(=O)c1ccc2n[nH]c(Br)c2c1. The van der Waals surface area contributed by atoms with Crippen molar-refractivity contribution in [2.45, 2.75) is 19.8 Å². The largest absolute Gasteiger partial charge is 0.477 e. The number of carbonyl (C=O) groups excluding carboxylic acids is 1. The van der Waals surface area contributed by atoms with Crippen LogP contribution in [-0.2, 0) is 0 Å². The molecule has 0 aliphatic rings. The van der Waals surface area contributed by atoms with Crippen molar-refractivity contribution in [1.29, 1.82) is 0 Å². The Balaban J connectivity index is 1.52. The third-order valence-corrected chi connectivity index (χ3v) is 5.36. The lowest BCUT2D eigenvalue weighted by molar-refractivity contribution is 0.0759. The van der Waals surface area contributed by atoms with Gasteiger partial charge in [-0.1, -0.05) is 24.3 Å². The van der Waals surface area contributed by atoms with Crippen molar-refractivity contribution >= 4 is 50.4 Å². The summed E-state index contributed by atoms with van der Waals surface area (Å²) < 4.78 is 6.51. The summed E-state index contributed by atoms with van der Waals surface area (Å²) in [4.78, 5) is 18.9. The van der Waals surface area contributed by atoms with Crippen molar-refractivity contribution < 1.29 is 9.53 Å². The van der Waals surface area contributed by atoms with Gasteiger partial charge in [-0.05, 0) is 60.0 Å². The molecule has 0 fully saturated rings. The number of H-pyrrole nitrogens is 1. The number of hydrogen-bond acceptors (Lipinski definition) is 4. The molecule has 0 spiro atoms. The Morgan fingerprint density at radius 1 is 1.38 bits per heavy atom. The average Bonchev–Trinajstić information content (AvgIpc) is 3.11. The first-order valence-electron chi connectivity index (χ1n) is 9.37. The van der Waals surface area contributed by atoms with Gasteiger partial charge >= 0.3 is 0 Å². The first-order valence-corrected chi connectivity index (χ1v) is 10.5. The number of carbonyl (C=O) groups is 1. The summed E-state index contributed by atoms with van der Waals surface area (Å²) in [5.74, 6) is 0.531. The number of ether oxygens (including phenoxy) is 1. The predicted molar refractivity (Wildman–Crippen MR) is 119 cm³/mol. The smallest absolute Gasteiger partial charge is 0.253 e. The lowest BCUT2D eigenvalue weighted by atomic mass is 10.1. The number of hydrogen-bond donors (Lipinski definition) is 1. The molecule has 0 bridgehead atoms. The fraction of sp³-hybridized carbons (Fsp3) is 0.286. The molecule has 1 amide bonds. The van der Waals surface area contributed by atoms with Crippen LogP contribution in [0.4, 0.5) is 0 Å². The molecule has 6 nitrogen and oxygen atoms in total. The van der Waals surface area contributed by atoms with E-state index in [1.54, 1.807) is 18.3 Å². The highest BCUT2D eigenvalue weighted by Crippen LogP contribution is 2.23. The number of nitrogens with zero attached hydrogens (tertiary/aromatic N) is 3. The van der Waals surface area contributed by atoms with Crippen LogP contribution in [0.3, 0.4) is 0 Å². The number of benzene rings is 1.